The summed E-state index contributed by atoms with van der Waals surface area (Å²) in [5, 5.41) is 7.30. The van der Waals surface area contributed by atoms with Gasteiger partial charge in [0, 0.05) is 25.1 Å². The third kappa shape index (κ3) is 4.23. The lowest BCUT2D eigenvalue weighted by Gasteiger charge is -2.31. The van der Waals surface area contributed by atoms with Crippen LogP contribution in [0.3, 0.4) is 0 Å². The van der Waals surface area contributed by atoms with E-state index in [1.54, 1.807) is 24.2 Å². The molecule has 4 rings (SSSR count). The topological polar surface area (TPSA) is 72.3 Å². The van der Waals surface area contributed by atoms with E-state index in [0.717, 1.165) is 43.5 Å². The van der Waals surface area contributed by atoms with Gasteiger partial charge in [0.15, 0.2) is 5.82 Å². The van der Waals surface area contributed by atoms with Crippen molar-refractivity contribution in [2.24, 2.45) is 0 Å². The molecule has 7 nitrogen and oxygen atoms in total. The van der Waals surface area contributed by atoms with Crippen LogP contribution < -0.4 is 10.1 Å². The van der Waals surface area contributed by atoms with Crippen molar-refractivity contribution in [3.05, 3.63) is 66.6 Å². The number of likely N-dealkylation sites (tertiary alicyclic amines) is 1. The quantitative estimate of drug-likeness (QED) is 0.714. The van der Waals surface area contributed by atoms with Crippen molar-refractivity contribution in [3.8, 4) is 11.6 Å². The molecule has 0 unspecified atom stereocenters. The fourth-order valence-electron chi connectivity index (χ4n) is 3.78. The number of aromatic nitrogens is 3. The molecule has 3 aromatic rings. The summed E-state index contributed by atoms with van der Waals surface area (Å²) >= 11 is 0. The van der Waals surface area contributed by atoms with Crippen LogP contribution >= 0.6 is 0 Å². The number of urea groups is 1. The Kier molecular flexibility index (Phi) is 5.74. The van der Waals surface area contributed by atoms with Crippen LogP contribution in [-0.2, 0) is 0 Å². The van der Waals surface area contributed by atoms with Gasteiger partial charge in [-0.15, -0.1) is 0 Å². The van der Waals surface area contributed by atoms with Gasteiger partial charge in [-0.25, -0.2) is 14.5 Å². The van der Waals surface area contributed by atoms with Gasteiger partial charge < -0.3 is 15.0 Å². The molecule has 1 aliphatic rings. The molecular weight excluding hydrogens is 366 g/mol. The number of benzene rings is 1. The predicted molar refractivity (Wildman–Crippen MR) is 111 cm³/mol. The average molecular weight is 391 g/mol. The average Bonchev–Trinajstić information content (AvgIpc) is 3.18. The van der Waals surface area contributed by atoms with Gasteiger partial charge in [0.2, 0.25) is 0 Å². The normalized spacial score (nSPS) is 16.9. The maximum atomic E-state index is 13.3. The van der Waals surface area contributed by atoms with E-state index in [4.69, 9.17) is 4.74 Å². The Morgan fingerprint density at radius 2 is 1.97 bits per heavy atom. The number of rotatable bonds is 4. The standard InChI is InChI=1S/C22H25N5O2/c1-29-18-11-9-17(10-12-18)20-8-3-2-4-15-26(20)22(28)25-19-7-5-13-23-21(19)27-16-6-14-24-27/h5-7,9-14,16,20H,2-4,8,15H2,1H3,(H,25,28)/t20-/m1/s1. The van der Waals surface area contributed by atoms with E-state index in [1.165, 1.54) is 0 Å². The zero-order valence-electron chi connectivity index (χ0n) is 16.5. The van der Waals surface area contributed by atoms with E-state index < -0.39 is 0 Å². The second kappa shape index (κ2) is 8.77. The molecule has 1 aromatic carbocycles. The molecule has 7 heteroatoms. The van der Waals surface area contributed by atoms with Crippen LogP contribution in [0.4, 0.5) is 10.5 Å². The molecule has 0 aliphatic carbocycles. The summed E-state index contributed by atoms with van der Waals surface area (Å²) in [5.41, 5.74) is 1.76. The van der Waals surface area contributed by atoms with Crippen molar-refractivity contribution in [1.82, 2.24) is 19.7 Å². The molecule has 1 aliphatic heterocycles. The fraction of sp³-hybridized carbons (Fsp3) is 0.318. The lowest BCUT2D eigenvalue weighted by Crippen LogP contribution is -2.38. The minimum absolute atomic E-state index is 0.0354. The van der Waals surface area contributed by atoms with Crippen LogP contribution in [0, 0.1) is 0 Å². The molecule has 0 radical (unpaired) electrons. The molecule has 1 atom stereocenters. The highest BCUT2D eigenvalue weighted by atomic mass is 16.5. The second-order valence-corrected chi connectivity index (χ2v) is 7.09. The highest BCUT2D eigenvalue weighted by Gasteiger charge is 2.27. The highest BCUT2D eigenvalue weighted by Crippen LogP contribution is 2.32. The molecule has 29 heavy (non-hydrogen) atoms. The largest absolute Gasteiger partial charge is 0.497 e. The number of nitrogens with one attached hydrogen (secondary N) is 1. The van der Waals surface area contributed by atoms with E-state index in [1.807, 2.05) is 53.6 Å². The lowest BCUT2D eigenvalue weighted by atomic mass is 10.0. The Labute approximate surface area is 170 Å². The highest BCUT2D eigenvalue weighted by molar-refractivity contribution is 5.91. The molecule has 0 bridgehead atoms. The summed E-state index contributed by atoms with van der Waals surface area (Å²) in [4.78, 5) is 19.6. The Morgan fingerprint density at radius 3 is 2.72 bits per heavy atom. The molecule has 3 heterocycles. The minimum Gasteiger partial charge on any atom is -0.497 e. The van der Waals surface area contributed by atoms with E-state index in [9.17, 15) is 4.79 Å². The Balaban J connectivity index is 1.59. The summed E-state index contributed by atoms with van der Waals surface area (Å²) in [7, 11) is 1.66. The number of hydrogen-bond donors (Lipinski definition) is 1. The van der Waals surface area contributed by atoms with Crippen LogP contribution in [0.5, 0.6) is 5.75 Å². The van der Waals surface area contributed by atoms with Gasteiger partial charge in [0.05, 0.1) is 18.8 Å². The van der Waals surface area contributed by atoms with Crippen molar-refractivity contribution in [3.63, 3.8) is 0 Å². The van der Waals surface area contributed by atoms with E-state index in [0.29, 0.717) is 11.5 Å². The van der Waals surface area contributed by atoms with Crippen molar-refractivity contribution in [2.75, 3.05) is 19.0 Å². The molecule has 1 N–H and O–H groups in total. The van der Waals surface area contributed by atoms with Crippen molar-refractivity contribution in [2.45, 2.75) is 31.7 Å². The van der Waals surface area contributed by atoms with Gasteiger partial charge in [-0.05, 0) is 48.7 Å². The molecule has 2 aromatic heterocycles. The number of ether oxygens (including phenoxy) is 1. The lowest BCUT2D eigenvalue weighted by molar-refractivity contribution is 0.189. The van der Waals surface area contributed by atoms with Gasteiger partial charge >= 0.3 is 6.03 Å². The van der Waals surface area contributed by atoms with Crippen LogP contribution in [0.15, 0.2) is 61.1 Å². The number of methoxy groups -OCH3 is 1. The van der Waals surface area contributed by atoms with Crippen molar-refractivity contribution >= 4 is 11.7 Å². The van der Waals surface area contributed by atoms with Crippen LogP contribution in [0.25, 0.3) is 5.82 Å². The SMILES string of the molecule is COc1ccc([C@H]2CCCCCN2C(=O)Nc2cccnc2-n2cccn2)cc1. The van der Waals surface area contributed by atoms with Crippen LogP contribution in [0.1, 0.15) is 37.3 Å². The summed E-state index contributed by atoms with van der Waals surface area (Å²) in [5.74, 6) is 1.42. The summed E-state index contributed by atoms with van der Waals surface area (Å²) < 4.78 is 6.93. The maximum absolute atomic E-state index is 13.3. The minimum atomic E-state index is -0.117. The third-order valence-electron chi connectivity index (χ3n) is 5.26. The Bertz CT molecular complexity index is 940. The summed E-state index contributed by atoms with van der Waals surface area (Å²) in [6.07, 6.45) is 9.36. The predicted octanol–water partition coefficient (Wildman–Crippen LogP) is 4.43. The first-order valence-corrected chi connectivity index (χ1v) is 9.93. The smallest absolute Gasteiger partial charge is 0.322 e. The number of carbonyl (C=O) groups is 1. The van der Waals surface area contributed by atoms with Crippen molar-refractivity contribution in [1.29, 1.82) is 0 Å². The molecule has 0 saturated carbocycles. The molecule has 2 amide bonds. The number of nitrogens with zero attached hydrogens (tertiary/aromatic N) is 4. The first-order chi connectivity index (χ1) is 14.3. The van der Waals surface area contributed by atoms with E-state index in [-0.39, 0.29) is 12.1 Å². The van der Waals surface area contributed by atoms with Gasteiger partial charge in [-0.1, -0.05) is 25.0 Å². The number of hydrogen-bond acceptors (Lipinski definition) is 4. The van der Waals surface area contributed by atoms with Crippen LogP contribution in [-0.4, -0.2) is 39.4 Å². The molecule has 150 valence electrons. The van der Waals surface area contributed by atoms with E-state index >= 15 is 0 Å². The third-order valence-corrected chi connectivity index (χ3v) is 5.26. The molecule has 0 spiro atoms. The molecule has 1 saturated heterocycles. The fourth-order valence-corrected chi connectivity index (χ4v) is 3.78. The monoisotopic (exact) mass is 391 g/mol. The maximum Gasteiger partial charge on any atom is 0.322 e. The second-order valence-electron chi connectivity index (χ2n) is 7.09. The van der Waals surface area contributed by atoms with E-state index in [2.05, 4.69) is 15.4 Å². The number of anilines is 1. The van der Waals surface area contributed by atoms with Gasteiger partial charge in [0.1, 0.15) is 5.75 Å². The van der Waals surface area contributed by atoms with Crippen LogP contribution in [0.2, 0.25) is 0 Å². The van der Waals surface area contributed by atoms with Crippen molar-refractivity contribution < 1.29 is 9.53 Å². The summed E-state index contributed by atoms with van der Waals surface area (Å²) in [6.45, 7) is 0.722. The molecular formula is C22H25N5O2. The Morgan fingerprint density at radius 1 is 1.10 bits per heavy atom. The Hall–Kier alpha value is -3.35. The first-order valence-electron chi connectivity index (χ1n) is 9.93. The van der Waals surface area contributed by atoms with Gasteiger partial charge in [0.25, 0.3) is 0 Å². The number of pyridine rings is 1. The molecule has 1 fully saturated rings. The van der Waals surface area contributed by atoms with Gasteiger partial charge in [-0.2, -0.15) is 5.10 Å². The zero-order valence-corrected chi connectivity index (χ0v) is 16.5. The first kappa shape index (κ1) is 19.0. The van der Waals surface area contributed by atoms with Gasteiger partial charge in [-0.3, -0.25) is 0 Å². The summed E-state index contributed by atoms with van der Waals surface area (Å²) in [6, 6.07) is 13.4. The number of amides is 2. The number of carbonyl (C=O) groups excluding carboxylic acids is 1. The zero-order chi connectivity index (χ0) is 20.1.